The van der Waals surface area contributed by atoms with Crippen LogP contribution in [0.25, 0.3) is 0 Å². The van der Waals surface area contributed by atoms with Gasteiger partial charge in [-0.05, 0) is 30.2 Å². The fourth-order valence-corrected chi connectivity index (χ4v) is 1.92. The average molecular weight is 246 g/mol. The molecule has 0 amide bonds. The Hall–Kier alpha value is -1.81. The summed E-state index contributed by atoms with van der Waals surface area (Å²) in [5.74, 6) is 0.831. The predicted octanol–water partition coefficient (Wildman–Crippen LogP) is 1.57. The molecule has 2 aromatic rings. The Balaban J connectivity index is 1.91. The van der Waals surface area contributed by atoms with Crippen LogP contribution in [0.15, 0.2) is 36.5 Å². The molecule has 1 unspecified atom stereocenters. The first-order valence-electron chi connectivity index (χ1n) is 5.97. The molecule has 1 aromatic carbocycles. The number of aliphatic hydroxyl groups excluding tert-OH is 1. The Morgan fingerprint density at radius 1 is 1.22 bits per heavy atom. The number of nitrogens with zero attached hydrogens (tertiary/aromatic N) is 2. The molecule has 0 spiro atoms. The summed E-state index contributed by atoms with van der Waals surface area (Å²) in [5, 5.41) is 14.3. The molecule has 4 nitrogen and oxygen atoms in total. The van der Waals surface area contributed by atoms with Crippen LogP contribution < -0.4 is 4.74 Å². The number of hydrogen-bond acceptors (Lipinski definition) is 3. The molecule has 0 fully saturated rings. The van der Waals surface area contributed by atoms with E-state index in [1.165, 1.54) is 0 Å². The van der Waals surface area contributed by atoms with Crippen molar-refractivity contribution in [2.24, 2.45) is 7.05 Å². The zero-order chi connectivity index (χ0) is 13.0. The number of methoxy groups -OCH3 is 1. The number of rotatable bonds is 5. The number of aromatic nitrogens is 2. The van der Waals surface area contributed by atoms with Crippen molar-refractivity contribution < 1.29 is 9.84 Å². The summed E-state index contributed by atoms with van der Waals surface area (Å²) >= 11 is 0. The molecule has 0 aliphatic carbocycles. The van der Waals surface area contributed by atoms with Crippen molar-refractivity contribution in [3.8, 4) is 5.75 Å². The van der Waals surface area contributed by atoms with E-state index in [1.807, 2.05) is 43.6 Å². The molecule has 0 saturated carbocycles. The maximum atomic E-state index is 10.0. The van der Waals surface area contributed by atoms with Crippen LogP contribution in [0.4, 0.5) is 0 Å². The fourth-order valence-electron chi connectivity index (χ4n) is 1.92. The van der Waals surface area contributed by atoms with Crippen LogP contribution in [0.2, 0.25) is 0 Å². The van der Waals surface area contributed by atoms with Gasteiger partial charge in [-0.1, -0.05) is 12.1 Å². The van der Waals surface area contributed by atoms with E-state index in [0.29, 0.717) is 12.8 Å². The highest BCUT2D eigenvalue weighted by Gasteiger charge is 2.08. The lowest BCUT2D eigenvalue weighted by atomic mass is 10.0. The summed E-state index contributed by atoms with van der Waals surface area (Å²) in [7, 11) is 3.52. The van der Waals surface area contributed by atoms with E-state index in [9.17, 15) is 5.11 Å². The monoisotopic (exact) mass is 246 g/mol. The van der Waals surface area contributed by atoms with Crippen molar-refractivity contribution in [3.05, 3.63) is 47.8 Å². The summed E-state index contributed by atoms with van der Waals surface area (Å²) in [6, 6.07) is 9.68. The lowest BCUT2D eigenvalue weighted by Gasteiger charge is -2.09. The van der Waals surface area contributed by atoms with Crippen molar-refractivity contribution >= 4 is 0 Å². The standard InChI is InChI=1S/C14H18N2O2/c1-16-8-7-12(15-16)10-13(17)9-11-3-5-14(18-2)6-4-11/h3-8,13,17H,9-10H2,1-2H3. The van der Waals surface area contributed by atoms with Gasteiger partial charge in [-0.25, -0.2) is 0 Å². The van der Waals surface area contributed by atoms with Gasteiger partial charge in [0, 0.05) is 19.7 Å². The van der Waals surface area contributed by atoms with Crippen molar-refractivity contribution in [2.75, 3.05) is 7.11 Å². The van der Waals surface area contributed by atoms with Gasteiger partial charge in [-0.15, -0.1) is 0 Å². The first kappa shape index (κ1) is 12.6. The summed E-state index contributed by atoms with van der Waals surface area (Å²) < 4.78 is 6.84. The van der Waals surface area contributed by atoms with Crippen LogP contribution in [0, 0.1) is 0 Å². The second kappa shape index (κ2) is 5.69. The van der Waals surface area contributed by atoms with E-state index in [2.05, 4.69) is 5.10 Å². The molecule has 4 heteroatoms. The molecule has 0 bridgehead atoms. The van der Waals surface area contributed by atoms with E-state index in [0.717, 1.165) is 17.0 Å². The smallest absolute Gasteiger partial charge is 0.118 e. The average Bonchev–Trinajstić information content (AvgIpc) is 2.75. The highest BCUT2D eigenvalue weighted by molar-refractivity contribution is 5.27. The minimum absolute atomic E-state index is 0.409. The van der Waals surface area contributed by atoms with Gasteiger partial charge in [0.1, 0.15) is 5.75 Å². The van der Waals surface area contributed by atoms with E-state index in [1.54, 1.807) is 11.8 Å². The Labute approximate surface area is 107 Å². The maximum Gasteiger partial charge on any atom is 0.118 e. The molecule has 2 rings (SSSR count). The minimum Gasteiger partial charge on any atom is -0.497 e. The summed E-state index contributed by atoms with van der Waals surface area (Å²) in [6.07, 6.45) is 2.68. The SMILES string of the molecule is COc1ccc(CC(O)Cc2ccn(C)n2)cc1. The minimum atomic E-state index is -0.409. The van der Waals surface area contributed by atoms with Crippen molar-refractivity contribution in [1.82, 2.24) is 9.78 Å². The molecular weight excluding hydrogens is 228 g/mol. The summed E-state index contributed by atoms with van der Waals surface area (Å²) in [6.45, 7) is 0. The third-order valence-electron chi connectivity index (χ3n) is 2.84. The van der Waals surface area contributed by atoms with Gasteiger partial charge in [0.2, 0.25) is 0 Å². The Kier molecular flexibility index (Phi) is 3.99. The molecular formula is C14H18N2O2. The van der Waals surface area contributed by atoms with Crippen LogP contribution in [-0.4, -0.2) is 28.1 Å². The molecule has 1 aromatic heterocycles. The van der Waals surface area contributed by atoms with E-state index < -0.39 is 6.10 Å². The second-order valence-electron chi connectivity index (χ2n) is 4.39. The molecule has 0 aliphatic heterocycles. The van der Waals surface area contributed by atoms with Crippen LogP contribution in [0.1, 0.15) is 11.3 Å². The van der Waals surface area contributed by atoms with Gasteiger partial charge < -0.3 is 9.84 Å². The number of hydrogen-bond donors (Lipinski definition) is 1. The Morgan fingerprint density at radius 3 is 2.50 bits per heavy atom. The van der Waals surface area contributed by atoms with E-state index >= 15 is 0 Å². The maximum absolute atomic E-state index is 10.0. The molecule has 96 valence electrons. The molecule has 1 N–H and O–H groups in total. The lowest BCUT2D eigenvalue weighted by Crippen LogP contribution is -2.14. The fraction of sp³-hybridized carbons (Fsp3) is 0.357. The van der Waals surface area contributed by atoms with Gasteiger partial charge in [0.25, 0.3) is 0 Å². The topological polar surface area (TPSA) is 47.3 Å². The molecule has 18 heavy (non-hydrogen) atoms. The number of aliphatic hydroxyl groups is 1. The van der Waals surface area contributed by atoms with Crippen LogP contribution >= 0.6 is 0 Å². The second-order valence-corrected chi connectivity index (χ2v) is 4.39. The molecule has 1 heterocycles. The number of benzene rings is 1. The van der Waals surface area contributed by atoms with E-state index in [4.69, 9.17) is 4.74 Å². The summed E-state index contributed by atoms with van der Waals surface area (Å²) in [5.41, 5.74) is 2.01. The Morgan fingerprint density at radius 2 is 1.94 bits per heavy atom. The first-order chi connectivity index (χ1) is 8.67. The molecule has 0 aliphatic rings. The normalized spacial score (nSPS) is 12.4. The van der Waals surface area contributed by atoms with E-state index in [-0.39, 0.29) is 0 Å². The Bertz CT molecular complexity index is 491. The number of ether oxygens (including phenoxy) is 1. The largest absolute Gasteiger partial charge is 0.497 e. The zero-order valence-corrected chi connectivity index (χ0v) is 10.7. The predicted molar refractivity (Wildman–Crippen MR) is 69.6 cm³/mol. The van der Waals surface area contributed by atoms with Gasteiger partial charge >= 0.3 is 0 Å². The van der Waals surface area contributed by atoms with Crippen molar-refractivity contribution in [2.45, 2.75) is 18.9 Å². The highest BCUT2D eigenvalue weighted by atomic mass is 16.5. The lowest BCUT2D eigenvalue weighted by molar-refractivity contribution is 0.174. The third-order valence-corrected chi connectivity index (χ3v) is 2.84. The van der Waals surface area contributed by atoms with Gasteiger partial charge in [-0.3, -0.25) is 4.68 Å². The van der Waals surface area contributed by atoms with Crippen molar-refractivity contribution in [1.29, 1.82) is 0 Å². The van der Waals surface area contributed by atoms with Crippen LogP contribution in [0.3, 0.4) is 0 Å². The molecule has 0 saturated heterocycles. The van der Waals surface area contributed by atoms with Crippen LogP contribution in [-0.2, 0) is 19.9 Å². The highest BCUT2D eigenvalue weighted by Crippen LogP contribution is 2.13. The quantitative estimate of drug-likeness (QED) is 0.871. The van der Waals surface area contributed by atoms with Gasteiger partial charge in [0.15, 0.2) is 0 Å². The van der Waals surface area contributed by atoms with Gasteiger partial charge in [0.05, 0.1) is 18.9 Å². The first-order valence-corrected chi connectivity index (χ1v) is 5.97. The molecule has 0 radical (unpaired) electrons. The van der Waals surface area contributed by atoms with Crippen LogP contribution in [0.5, 0.6) is 5.75 Å². The zero-order valence-electron chi connectivity index (χ0n) is 10.7. The summed E-state index contributed by atoms with van der Waals surface area (Å²) in [4.78, 5) is 0. The third kappa shape index (κ3) is 3.34. The van der Waals surface area contributed by atoms with Crippen molar-refractivity contribution in [3.63, 3.8) is 0 Å². The van der Waals surface area contributed by atoms with Gasteiger partial charge in [-0.2, -0.15) is 5.10 Å². The number of aryl methyl sites for hydroxylation is 1. The molecule has 1 atom stereocenters.